The molecule has 1 fully saturated rings. The number of carbonyl (C=O) groups excluding carboxylic acids is 1. The number of anilines is 1. The second kappa shape index (κ2) is 8.35. The SMILES string of the molecule is CCCCC1CCN(C2CN(CC(C)C)c3ccccc3C2=O)CC1. The zero-order valence-electron chi connectivity index (χ0n) is 16.2. The Hall–Kier alpha value is -1.35. The Balaban J connectivity index is 1.71. The number of carbonyl (C=O) groups is 1. The number of para-hydroxylation sites is 1. The van der Waals surface area contributed by atoms with Gasteiger partial charge in [-0.15, -0.1) is 0 Å². The Morgan fingerprint density at radius 1 is 1.16 bits per heavy atom. The largest absolute Gasteiger partial charge is 0.369 e. The predicted octanol–water partition coefficient (Wildman–Crippen LogP) is 4.62. The fourth-order valence-corrected chi connectivity index (χ4v) is 4.47. The molecule has 1 aromatic rings. The van der Waals surface area contributed by atoms with Crippen molar-refractivity contribution in [3.8, 4) is 0 Å². The average Bonchev–Trinajstić information content (AvgIpc) is 2.62. The smallest absolute Gasteiger partial charge is 0.183 e. The highest BCUT2D eigenvalue weighted by atomic mass is 16.1. The van der Waals surface area contributed by atoms with Crippen molar-refractivity contribution in [2.75, 3.05) is 31.1 Å². The van der Waals surface area contributed by atoms with Gasteiger partial charge in [-0.05, 0) is 49.9 Å². The summed E-state index contributed by atoms with van der Waals surface area (Å²) >= 11 is 0. The number of unbranched alkanes of at least 4 members (excludes halogenated alkanes) is 1. The molecule has 0 aromatic heterocycles. The van der Waals surface area contributed by atoms with E-state index in [-0.39, 0.29) is 6.04 Å². The first kappa shape index (κ1) is 18.4. The van der Waals surface area contributed by atoms with E-state index in [1.807, 2.05) is 12.1 Å². The molecule has 2 heterocycles. The summed E-state index contributed by atoms with van der Waals surface area (Å²) in [6.07, 6.45) is 6.53. The third-order valence-electron chi connectivity index (χ3n) is 5.85. The molecule has 1 saturated heterocycles. The molecule has 0 saturated carbocycles. The summed E-state index contributed by atoms with van der Waals surface area (Å²) in [7, 11) is 0. The molecule has 0 radical (unpaired) electrons. The van der Waals surface area contributed by atoms with Gasteiger partial charge < -0.3 is 4.90 Å². The Morgan fingerprint density at radius 3 is 2.56 bits per heavy atom. The van der Waals surface area contributed by atoms with Crippen molar-refractivity contribution in [2.45, 2.75) is 58.9 Å². The van der Waals surface area contributed by atoms with Gasteiger partial charge in [-0.2, -0.15) is 0 Å². The van der Waals surface area contributed by atoms with E-state index in [0.29, 0.717) is 11.7 Å². The van der Waals surface area contributed by atoms with E-state index in [4.69, 9.17) is 0 Å². The monoisotopic (exact) mass is 342 g/mol. The van der Waals surface area contributed by atoms with Crippen LogP contribution in [0.2, 0.25) is 0 Å². The van der Waals surface area contributed by atoms with Crippen LogP contribution in [0.3, 0.4) is 0 Å². The van der Waals surface area contributed by atoms with Crippen molar-refractivity contribution in [3.05, 3.63) is 29.8 Å². The highest BCUT2D eigenvalue weighted by Gasteiger charge is 2.36. The normalized spacial score (nSPS) is 22.5. The molecule has 1 aromatic carbocycles. The van der Waals surface area contributed by atoms with Gasteiger partial charge in [0.25, 0.3) is 0 Å². The standard InChI is InChI=1S/C22H34N2O/c1-4-5-8-18-11-13-23(14-12-18)21-16-24(15-17(2)3)20-10-7-6-9-19(20)22(21)25/h6-7,9-10,17-18,21H,4-5,8,11-16H2,1-3H3. The highest BCUT2D eigenvalue weighted by Crippen LogP contribution is 2.32. The first-order chi connectivity index (χ1) is 12.1. The quantitative estimate of drug-likeness (QED) is 0.754. The van der Waals surface area contributed by atoms with Crippen LogP contribution in [-0.4, -0.2) is 42.9 Å². The zero-order chi connectivity index (χ0) is 17.8. The van der Waals surface area contributed by atoms with E-state index in [1.54, 1.807) is 0 Å². The minimum atomic E-state index is 0.0424. The van der Waals surface area contributed by atoms with Crippen molar-refractivity contribution in [2.24, 2.45) is 11.8 Å². The number of hydrogen-bond donors (Lipinski definition) is 0. The van der Waals surface area contributed by atoms with E-state index in [1.165, 1.54) is 32.1 Å². The van der Waals surface area contributed by atoms with Gasteiger partial charge in [-0.3, -0.25) is 9.69 Å². The lowest BCUT2D eigenvalue weighted by Crippen LogP contribution is -2.54. The number of rotatable bonds is 6. The Bertz CT molecular complexity index is 575. The molecule has 3 rings (SSSR count). The maximum atomic E-state index is 13.1. The van der Waals surface area contributed by atoms with Gasteiger partial charge >= 0.3 is 0 Å². The lowest BCUT2D eigenvalue weighted by atomic mass is 9.88. The number of benzene rings is 1. The molecule has 0 spiro atoms. The molecule has 0 amide bonds. The van der Waals surface area contributed by atoms with Crippen molar-refractivity contribution in [3.63, 3.8) is 0 Å². The first-order valence-electron chi connectivity index (χ1n) is 10.2. The predicted molar refractivity (Wildman–Crippen MR) is 105 cm³/mol. The fourth-order valence-electron chi connectivity index (χ4n) is 4.47. The van der Waals surface area contributed by atoms with Crippen LogP contribution in [0.15, 0.2) is 24.3 Å². The number of piperidine rings is 1. The first-order valence-corrected chi connectivity index (χ1v) is 10.2. The molecular weight excluding hydrogens is 308 g/mol. The molecule has 138 valence electrons. The molecule has 2 aliphatic heterocycles. The van der Waals surface area contributed by atoms with E-state index >= 15 is 0 Å². The molecular formula is C22H34N2O. The summed E-state index contributed by atoms with van der Waals surface area (Å²) in [5.41, 5.74) is 2.06. The van der Waals surface area contributed by atoms with E-state index < -0.39 is 0 Å². The number of hydrogen-bond acceptors (Lipinski definition) is 3. The lowest BCUT2D eigenvalue weighted by Gasteiger charge is -2.43. The molecule has 2 aliphatic rings. The van der Waals surface area contributed by atoms with Crippen molar-refractivity contribution in [1.82, 2.24) is 4.90 Å². The third kappa shape index (κ3) is 4.25. The number of nitrogens with zero attached hydrogens (tertiary/aromatic N) is 2. The minimum Gasteiger partial charge on any atom is -0.369 e. The van der Waals surface area contributed by atoms with Crippen molar-refractivity contribution >= 4 is 11.5 Å². The molecule has 0 aliphatic carbocycles. The fraction of sp³-hybridized carbons (Fsp3) is 0.682. The molecule has 1 atom stereocenters. The van der Waals surface area contributed by atoms with Gasteiger partial charge in [-0.25, -0.2) is 0 Å². The number of fused-ring (bicyclic) bond motifs is 1. The van der Waals surface area contributed by atoms with Crippen LogP contribution < -0.4 is 4.90 Å². The summed E-state index contributed by atoms with van der Waals surface area (Å²) in [4.78, 5) is 18.0. The topological polar surface area (TPSA) is 23.6 Å². The number of ketones is 1. The van der Waals surface area contributed by atoms with Gasteiger partial charge in [0.05, 0.1) is 6.04 Å². The second-order valence-electron chi connectivity index (χ2n) is 8.32. The molecule has 3 nitrogen and oxygen atoms in total. The Kier molecular flexibility index (Phi) is 6.16. The number of likely N-dealkylation sites (tertiary alicyclic amines) is 1. The van der Waals surface area contributed by atoms with Crippen LogP contribution in [0, 0.1) is 11.8 Å². The van der Waals surface area contributed by atoms with Gasteiger partial charge in [0.15, 0.2) is 5.78 Å². The van der Waals surface area contributed by atoms with Crippen LogP contribution in [0.4, 0.5) is 5.69 Å². The van der Waals surface area contributed by atoms with Gasteiger partial charge in [0.1, 0.15) is 0 Å². The van der Waals surface area contributed by atoms with Crippen LogP contribution in [0.1, 0.15) is 63.2 Å². The van der Waals surface area contributed by atoms with Crippen molar-refractivity contribution in [1.29, 1.82) is 0 Å². The average molecular weight is 343 g/mol. The maximum Gasteiger partial charge on any atom is 0.183 e. The third-order valence-corrected chi connectivity index (χ3v) is 5.85. The molecule has 1 unspecified atom stereocenters. The van der Waals surface area contributed by atoms with Gasteiger partial charge in [0, 0.05) is 24.3 Å². The minimum absolute atomic E-state index is 0.0424. The second-order valence-corrected chi connectivity index (χ2v) is 8.32. The maximum absolute atomic E-state index is 13.1. The summed E-state index contributed by atoms with van der Waals surface area (Å²) in [6.45, 7) is 10.8. The number of Topliss-reactive ketones (excluding diaryl/α,β-unsaturated/α-hetero) is 1. The lowest BCUT2D eigenvalue weighted by molar-refractivity contribution is 0.0732. The Morgan fingerprint density at radius 2 is 1.88 bits per heavy atom. The van der Waals surface area contributed by atoms with Crippen LogP contribution in [-0.2, 0) is 0 Å². The van der Waals surface area contributed by atoms with Crippen LogP contribution in [0.5, 0.6) is 0 Å². The molecule has 25 heavy (non-hydrogen) atoms. The Labute approximate surface area is 153 Å². The van der Waals surface area contributed by atoms with E-state index in [9.17, 15) is 4.79 Å². The molecule has 0 bridgehead atoms. The highest BCUT2D eigenvalue weighted by molar-refractivity contribution is 6.06. The van der Waals surface area contributed by atoms with E-state index in [2.05, 4.69) is 42.7 Å². The summed E-state index contributed by atoms with van der Waals surface area (Å²) in [5.74, 6) is 1.80. The van der Waals surface area contributed by atoms with Crippen molar-refractivity contribution < 1.29 is 4.79 Å². The molecule has 3 heteroatoms. The molecule has 0 N–H and O–H groups in total. The van der Waals surface area contributed by atoms with E-state index in [0.717, 1.165) is 43.3 Å². The zero-order valence-corrected chi connectivity index (χ0v) is 16.2. The summed E-state index contributed by atoms with van der Waals surface area (Å²) in [6, 6.07) is 8.23. The van der Waals surface area contributed by atoms with Crippen LogP contribution >= 0.6 is 0 Å². The summed E-state index contributed by atoms with van der Waals surface area (Å²) < 4.78 is 0. The van der Waals surface area contributed by atoms with Gasteiger partial charge in [0.2, 0.25) is 0 Å². The van der Waals surface area contributed by atoms with Gasteiger partial charge in [-0.1, -0.05) is 52.2 Å². The summed E-state index contributed by atoms with van der Waals surface area (Å²) in [5, 5.41) is 0. The van der Waals surface area contributed by atoms with Crippen LogP contribution in [0.25, 0.3) is 0 Å².